The molecule has 0 radical (unpaired) electrons. The van der Waals surface area contributed by atoms with E-state index < -0.39 is 12.0 Å². The minimum atomic E-state index is -0.690. The molecular formula is C11H19N3O4. The number of hydrogen-bond donors (Lipinski definition) is 2. The van der Waals surface area contributed by atoms with Crippen molar-refractivity contribution in [2.45, 2.75) is 12.5 Å². The number of rotatable bonds is 9. The number of methoxy groups -OCH3 is 1. The van der Waals surface area contributed by atoms with Crippen LogP contribution in [0.2, 0.25) is 0 Å². The fourth-order valence-electron chi connectivity index (χ4n) is 1.27. The highest BCUT2D eigenvalue weighted by Gasteiger charge is 2.16. The van der Waals surface area contributed by atoms with Gasteiger partial charge in [0, 0.05) is 25.4 Å². The third-order valence-corrected chi connectivity index (χ3v) is 2.20. The fraction of sp³-hybridized carbons (Fsp3) is 0.636. The quantitative estimate of drug-likeness (QED) is 0.456. The lowest BCUT2D eigenvalue weighted by Gasteiger charge is -2.10. The monoisotopic (exact) mass is 257 g/mol. The van der Waals surface area contributed by atoms with Gasteiger partial charge in [0.2, 0.25) is 0 Å². The number of aromatic amines is 1. The third kappa shape index (κ3) is 5.76. The minimum Gasteiger partial charge on any atom is -0.462 e. The fourth-order valence-corrected chi connectivity index (χ4v) is 1.27. The number of H-pyrrole nitrogens is 1. The Bertz CT molecular complexity index is 329. The van der Waals surface area contributed by atoms with E-state index in [4.69, 9.17) is 19.9 Å². The summed E-state index contributed by atoms with van der Waals surface area (Å²) in [6, 6.07) is -0.690. The highest BCUT2D eigenvalue weighted by atomic mass is 16.6. The summed E-state index contributed by atoms with van der Waals surface area (Å²) in [5, 5.41) is 0. The molecule has 1 atom stereocenters. The maximum absolute atomic E-state index is 11.5. The highest BCUT2D eigenvalue weighted by Crippen LogP contribution is 1.98. The van der Waals surface area contributed by atoms with Crippen molar-refractivity contribution in [2.75, 3.05) is 33.5 Å². The van der Waals surface area contributed by atoms with Crippen LogP contribution in [0.15, 0.2) is 12.5 Å². The molecule has 0 unspecified atom stereocenters. The molecule has 1 heterocycles. The van der Waals surface area contributed by atoms with Crippen molar-refractivity contribution in [2.24, 2.45) is 5.73 Å². The maximum Gasteiger partial charge on any atom is 0.323 e. The molecule has 0 spiro atoms. The number of ether oxygens (including phenoxy) is 3. The number of carbonyl (C=O) groups is 1. The first-order valence-corrected chi connectivity index (χ1v) is 5.70. The zero-order valence-electron chi connectivity index (χ0n) is 10.4. The molecule has 3 N–H and O–H groups in total. The predicted molar refractivity (Wildman–Crippen MR) is 63.9 cm³/mol. The number of nitrogens with two attached hydrogens (primary N) is 1. The van der Waals surface area contributed by atoms with Crippen LogP contribution in [0.3, 0.4) is 0 Å². The minimum absolute atomic E-state index is 0.194. The normalized spacial score (nSPS) is 12.3. The molecule has 0 aliphatic carbocycles. The van der Waals surface area contributed by atoms with Crippen LogP contribution in [0.5, 0.6) is 0 Å². The lowest BCUT2D eigenvalue weighted by Crippen LogP contribution is -2.35. The second kappa shape index (κ2) is 8.62. The first kappa shape index (κ1) is 14.6. The molecule has 0 aliphatic rings. The summed E-state index contributed by atoms with van der Waals surface area (Å²) in [4.78, 5) is 18.2. The first-order chi connectivity index (χ1) is 8.74. The number of aromatic nitrogens is 2. The Morgan fingerprint density at radius 1 is 1.44 bits per heavy atom. The average molecular weight is 257 g/mol. The number of nitrogens with zero attached hydrogens (tertiary/aromatic N) is 1. The number of imidazole rings is 1. The molecule has 0 aromatic carbocycles. The van der Waals surface area contributed by atoms with Gasteiger partial charge in [0.05, 0.1) is 26.1 Å². The van der Waals surface area contributed by atoms with E-state index in [1.807, 2.05) is 0 Å². The van der Waals surface area contributed by atoms with Crippen molar-refractivity contribution in [3.05, 3.63) is 18.2 Å². The Labute approximate surface area is 106 Å². The Balaban J connectivity index is 2.08. The molecule has 1 aromatic heterocycles. The van der Waals surface area contributed by atoms with E-state index >= 15 is 0 Å². The summed E-state index contributed by atoms with van der Waals surface area (Å²) in [6.45, 7) is 1.53. The van der Waals surface area contributed by atoms with Crippen molar-refractivity contribution in [1.82, 2.24) is 9.97 Å². The summed E-state index contributed by atoms with van der Waals surface area (Å²) in [5.74, 6) is -0.444. The van der Waals surface area contributed by atoms with E-state index in [2.05, 4.69) is 9.97 Å². The second-order valence-electron chi connectivity index (χ2n) is 3.66. The third-order valence-electron chi connectivity index (χ3n) is 2.20. The number of hydrogen-bond acceptors (Lipinski definition) is 6. The van der Waals surface area contributed by atoms with Crippen LogP contribution in [0.25, 0.3) is 0 Å². The van der Waals surface area contributed by atoms with E-state index in [1.54, 1.807) is 13.3 Å². The van der Waals surface area contributed by atoms with Gasteiger partial charge >= 0.3 is 5.97 Å². The molecule has 1 rings (SSSR count). The molecule has 0 aliphatic heterocycles. The van der Waals surface area contributed by atoms with Crippen LogP contribution < -0.4 is 5.73 Å². The standard InChI is InChI=1S/C11H19N3O4/c1-16-2-3-17-4-5-18-11(15)10(12)6-9-7-13-8-14-9/h7-8,10H,2-6,12H2,1H3,(H,13,14)/t10-/m0/s1. The molecule has 102 valence electrons. The van der Waals surface area contributed by atoms with Crippen molar-refractivity contribution >= 4 is 5.97 Å². The van der Waals surface area contributed by atoms with Gasteiger partial charge < -0.3 is 24.9 Å². The molecule has 0 bridgehead atoms. The smallest absolute Gasteiger partial charge is 0.323 e. The van der Waals surface area contributed by atoms with Crippen LogP contribution >= 0.6 is 0 Å². The van der Waals surface area contributed by atoms with E-state index in [-0.39, 0.29) is 6.61 Å². The first-order valence-electron chi connectivity index (χ1n) is 5.70. The molecule has 7 heteroatoms. The molecule has 0 saturated carbocycles. The summed E-state index contributed by atoms with van der Waals surface area (Å²) in [7, 11) is 1.60. The Hall–Kier alpha value is -1.44. The van der Waals surface area contributed by atoms with Crippen LogP contribution in [0.1, 0.15) is 5.69 Å². The van der Waals surface area contributed by atoms with Crippen LogP contribution in [-0.4, -0.2) is 55.5 Å². The van der Waals surface area contributed by atoms with Gasteiger partial charge in [-0.05, 0) is 0 Å². The summed E-state index contributed by atoms with van der Waals surface area (Å²) >= 11 is 0. The Morgan fingerprint density at radius 2 is 2.22 bits per heavy atom. The summed E-state index contributed by atoms with van der Waals surface area (Å²) in [6.07, 6.45) is 3.54. The van der Waals surface area contributed by atoms with Crippen molar-refractivity contribution < 1.29 is 19.0 Å². The number of carbonyl (C=O) groups excluding carboxylic acids is 1. The van der Waals surface area contributed by atoms with Crippen LogP contribution in [-0.2, 0) is 25.4 Å². The lowest BCUT2D eigenvalue weighted by atomic mass is 10.2. The van der Waals surface area contributed by atoms with E-state index in [9.17, 15) is 4.79 Å². The molecule has 1 aromatic rings. The van der Waals surface area contributed by atoms with Gasteiger partial charge in [0.1, 0.15) is 12.6 Å². The summed E-state index contributed by atoms with van der Waals surface area (Å²) < 4.78 is 14.9. The Kier molecular flexibility index (Phi) is 7.00. The molecule has 18 heavy (non-hydrogen) atoms. The lowest BCUT2D eigenvalue weighted by molar-refractivity contribution is -0.146. The van der Waals surface area contributed by atoms with Gasteiger partial charge in [-0.2, -0.15) is 0 Å². The van der Waals surface area contributed by atoms with Gasteiger partial charge in [-0.3, -0.25) is 4.79 Å². The topological polar surface area (TPSA) is 99.5 Å². The number of esters is 1. The van der Waals surface area contributed by atoms with Crippen molar-refractivity contribution in [3.8, 4) is 0 Å². The molecule has 0 saturated heterocycles. The van der Waals surface area contributed by atoms with Gasteiger partial charge in [-0.25, -0.2) is 4.98 Å². The molecule has 7 nitrogen and oxygen atoms in total. The van der Waals surface area contributed by atoms with Crippen molar-refractivity contribution in [3.63, 3.8) is 0 Å². The van der Waals surface area contributed by atoms with Gasteiger partial charge in [-0.15, -0.1) is 0 Å². The van der Waals surface area contributed by atoms with Gasteiger partial charge in [0.15, 0.2) is 0 Å². The zero-order chi connectivity index (χ0) is 13.2. The van der Waals surface area contributed by atoms with E-state index in [0.29, 0.717) is 26.2 Å². The van der Waals surface area contributed by atoms with Gasteiger partial charge in [0.25, 0.3) is 0 Å². The number of nitrogens with one attached hydrogen (secondary N) is 1. The van der Waals surface area contributed by atoms with Crippen LogP contribution in [0, 0.1) is 0 Å². The van der Waals surface area contributed by atoms with Crippen molar-refractivity contribution in [1.29, 1.82) is 0 Å². The molecular weight excluding hydrogens is 238 g/mol. The largest absolute Gasteiger partial charge is 0.462 e. The SMILES string of the molecule is COCCOCCOC(=O)[C@@H](N)Cc1cnc[nH]1. The predicted octanol–water partition coefficient (Wildman–Crippen LogP) is -0.514. The summed E-state index contributed by atoms with van der Waals surface area (Å²) in [5.41, 5.74) is 6.49. The molecule has 0 amide bonds. The van der Waals surface area contributed by atoms with E-state index in [0.717, 1.165) is 5.69 Å². The Morgan fingerprint density at radius 3 is 2.89 bits per heavy atom. The highest BCUT2D eigenvalue weighted by molar-refractivity contribution is 5.75. The van der Waals surface area contributed by atoms with Crippen LogP contribution in [0.4, 0.5) is 0 Å². The zero-order valence-corrected chi connectivity index (χ0v) is 10.4. The second-order valence-corrected chi connectivity index (χ2v) is 3.66. The van der Waals surface area contributed by atoms with E-state index in [1.165, 1.54) is 6.33 Å². The maximum atomic E-state index is 11.5. The average Bonchev–Trinajstić information content (AvgIpc) is 2.86. The van der Waals surface area contributed by atoms with Gasteiger partial charge in [-0.1, -0.05) is 0 Å². The molecule has 0 fully saturated rings.